The molecular formula is C22H39F2NO16. The molecule has 17 nitrogen and oxygen atoms in total. The van der Waals surface area contributed by atoms with Crippen molar-refractivity contribution in [1.29, 1.82) is 0 Å². The van der Waals surface area contributed by atoms with Crippen LogP contribution in [-0.4, -0.2) is 171 Å². The van der Waals surface area contributed by atoms with E-state index in [1.54, 1.807) is 0 Å². The van der Waals surface area contributed by atoms with Gasteiger partial charge in [-0.3, -0.25) is 4.74 Å². The molecule has 0 aromatic carbocycles. The lowest BCUT2D eigenvalue weighted by molar-refractivity contribution is -0.391. The Labute approximate surface area is 232 Å². The molecule has 0 spiro atoms. The highest BCUT2D eigenvalue weighted by Gasteiger charge is 2.59. The second-order valence-electron chi connectivity index (χ2n) is 9.78. The molecule has 3 saturated heterocycles. The van der Waals surface area contributed by atoms with E-state index in [9.17, 15) is 54.7 Å². The molecule has 0 radical (unpaired) electrons. The Bertz CT molecular complexity index is 818. The Morgan fingerprint density at radius 1 is 0.805 bits per heavy atom. The lowest BCUT2D eigenvalue weighted by atomic mass is 9.97. The molecule has 11 N–H and O–H groups in total. The number of hydrogen-bond donors (Lipinski definition) is 10. The minimum atomic E-state index is -3.31. The fourth-order valence-electron chi connectivity index (χ4n) is 4.48. The molecule has 3 rings (SSSR count). The van der Waals surface area contributed by atoms with Gasteiger partial charge in [-0.05, 0) is 6.92 Å². The molecule has 3 heterocycles. The molecule has 8 unspecified atom stereocenters. The summed E-state index contributed by atoms with van der Waals surface area (Å²) in [6, 6.07) is 0. The van der Waals surface area contributed by atoms with E-state index in [0.29, 0.717) is 0 Å². The highest BCUT2D eigenvalue weighted by atomic mass is 19.3. The fraction of sp³-hybridized carbons (Fsp3) is 1.00. The van der Waals surface area contributed by atoms with Gasteiger partial charge >= 0.3 is 5.97 Å². The number of rotatable bonds is 13. The van der Waals surface area contributed by atoms with E-state index in [0.717, 1.165) is 0 Å². The molecule has 14 atom stereocenters. The van der Waals surface area contributed by atoms with Crippen molar-refractivity contribution in [2.75, 3.05) is 33.0 Å². The molecule has 3 aliphatic rings. The summed E-state index contributed by atoms with van der Waals surface area (Å²) in [5, 5.41) is 92.1. The SMILES string of the molecule is CCO[C@@]1(O)O[C@H](OCCC(F)(F)CN)C(O[C@H]2OC(CO)[C@@H](O)C(O)C2O[C@@H]2OC(CO)[C@@H](O)C(O)C2O)C1O. The van der Waals surface area contributed by atoms with E-state index < -0.39 is 125 Å². The predicted molar refractivity (Wildman–Crippen MR) is 123 cm³/mol. The Morgan fingerprint density at radius 3 is 1.93 bits per heavy atom. The molecular weight excluding hydrogens is 572 g/mol. The van der Waals surface area contributed by atoms with Gasteiger partial charge in [-0.1, -0.05) is 0 Å². The van der Waals surface area contributed by atoms with Gasteiger partial charge in [-0.15, -0.1) is 0 Å². The third kappa shape index (κ3) is 7.64. The second kappa shape index (κ2) is 14.3. The quantitative estimate of drug-likeness (QED) is 0.0869. The smallest absolute Gasteiger partial charge is 0.313 e. The standard InChI is InChI=1S/C22H39F2NO16/c1-2-36-22(34)17(33)16(19(41-22)35-4-3-21(23,24)7-25)40-20-15(13(31)11(29)9(6-27)38-20)39-18-14(32)12(30)10(28)8(5-26)37-18/h8-20,26-34H,2-7,25H2,1H3/t8?,9?,10-,11-,12?,13?,14?,15?,16?,17?,18+,19+,20-,22-/m1/s1. The van der Waals surface area contributed by atoms with Crippen molar-refractivity contribution in [3.8, 4) is 0 Å². The zero-order chi connectivity index (χ0) is 30.7. The van der Waals surface area contributed by atoms with Crippen molar-refractivity contribution >= 4 is 0 Å². The number of aliphatic hydroxyl groups excluding tert-OH is 8. The average molecular weight is 612 g/mol. The fourth-order valence-corrected chi connectivity index (χ4v) is 4.48. The maximum atomic E-state index is 13.6. The molecule has 0 bridgehead atoms. The molecule has 0 aliphatic carbocycles. The van der Waals surface area contributed by atoms with Gasteiger partial charge < -0.3 is 80.1 Å². The Balaban J connectivity index is 1.85. The molecule has 0 aromatic rings. The van der Waals surface area contributed by atoms with Crippen LogP contribution in [0.2, 0.25) is 0 Å². The summed E-state index contributed by atoms with van der Waals surface area (Å²) in [5.74, 6) is -6.06. The summed E-state index contributed by atoms with van der Waals surface area (Å²) in [5.41, 5.74) is 5.01. The Hall–Kier alpha value is -0.820. The lowest BCUT2D eigenvalue weighted by Crippen LogP contribution is -2.65. The van der Waals surface area contributed by atoms with Crippen LogP contribution in [0.25, 0.3) is 0 Å². The topological polar surface area (TPSA) is 273 Å². The zero-order valence-corrected chi connectivity index (χ0v) is 22.0. The summed E-state index contributed by atoms with van der Waals surface area (Å²) >= 11 is 0. The molecule has 3 fully saturated rings. The van der Waals surface area contributed by atoms with Crippen LogP contribution >= 0.6 is 0 Å². The van der Waals surface area contributed by atoms with Crippen LogP contribution in [0.3, 0.4) is 0 Å². The first-order chi connectivity index (χ1) is 19.2. The maximum Gasteiger partial charge on any atom is 0.313 e. The molecule has 0 aromatic heterocycles. The molecule has 0 amide bonds. The Kier molecular flexibility index (Phi) is 12.1. The van der Waals surface area contributed by atoms with Crippen LogP contribution in [0.4, 0.5) is 8.78 Å². The van der Waals surface area contributed by atoms with E-state index >= 15 is 0 Å². The van der Waals surface area contributed by atoms with Gasteiger partial charge in [0.1, 0.15) is 54.9 Å². The predicted octanol–water partition coefficient (Wildman–Crippen LogP) is -5.60. The van der Waals surface area contributed by atoms with E-state index in [4.69, 9.17) is 38.9 Å². The number of aliphatic hydroxyl groups is 9. The van der Waals surface area contributed by atoms with Crippen molar-refractivity contribution in [3.05, 3.63) is 0 Å². The first-order valence-electron chi connectivity index (χ1n) is 12.9. The Morgan fingerprint density at radius 2 is 1.37 bits per heavy atom. The number of alkyl halides is 2. The summed E-state index contributed by atoms with van der Waals surface area (Å²) in [6.07, 6.45) is -24.4. The second-order valence-corrected chi connectivity index (χ2v) is 9.78. The third-order valence-electron chi connectivity index (χ3n) is 6.89. The van der Waals surface area contributed by atoms with Crippen LogP contribution in [0, 0.1) is 0 Å². The maximum absolute atomic E-state index is 13.6. The van der Waals surface area contributed by atoms with Crippen LogP contribution in [0.5, 0.6) is 0 Å². The minimum absolute atomic E-state index is 0.196. The minimum Gasteiger partial charge on any atom is -0.394 e. The van der Waals surface area contributed by atoms with Gasteiger partial charge in [-0.2, -0.15) is 0 Å². The zero-order valence-electron chi connectivity index (χ0n) is 22.0. The van der Waals surface area contributed by atoms with Crippen molar-refractivity contribution in [2.45, 2.75) is 105 Å². The van der Waals surface area contributed by atoms with E-state index in [1.165, 1.54) is 6.92 Å². The van der Waals surface area contributed by atoms with Gasteiger partial charge in [0.15, 0.2) is 25.0 Å². The van der Waals surface area contributed by atoms with Crippen molar-refractivity contribution < 1.29 is 87.9 Å². The first-order valence-corrected chi connectivity index (χ1v) is 12.9. The summed E-state index contributed by atoms with van der Waals surface area (Å²) in [6.45, 7) is -2.10. The average Bonchev–Trinajstić information content (AvgIpc) is 3.16. The molecule has 41 heavy (non-hydrogen) atoms. The van der Waals surface area contributed by atoms with Crippen LogP contribution in [0.15, 0.2) is 0 Å². The lowest BCUT2D eigenvalue weighted by Gasteiger charge is -2.46. The largest absolute Gasteiger partial charge is 0.394 e. The normalized spacial score (nSPS) is 45.7. The van der Waals surface area contributed by atoms with Crippen LogP contribution < -0.4 is 5.73 Å². The van der Waals surface area contributed by atoms with Crippen molar-refractivity contribution in [3.63, 3.8) is 0 Å². The van der Waals surface area contributed by atoms with Gasteiger partial charge in [0.25, 0.3) is 5.92 Å². The van der Waals surface area contributed by atoms with Crippen molar-refractivity contribution in [2.24, 2.45) is 5.73 Å². The number of nitrogens with two attached hydrogens (primary N) is 1. The van der Waals surface area contributed by atoms with E-state index in [1.807, 2.05) is 0 Å². The highest BCUT2D eigenvalue weighted by Crippen LogP contribution is 2.37. The number of halogens is 2. The number of hydrogen-bond acceptors (Lipinski definition) is 17. The summed E-state index contributed by atoms with van der Waals surface area (Å²) in [4.78, 5) is 0. The molecule has 3 aliphatic heterocycles. The number of ether oxygens (including phenoxy) is 7. The van der Waals surface area contributed by atoms with Gasteiger partial charge in [-0.25, -0.2) is 8.78 Å². The van der Waals surface area contributed by atoms with E-state index in [-0.39, 0.29) is 6.61 Å². The molecule has 242 valence electrons. The first kappa shape index (κ1) is 34.7. The summed E-state index contributed by atoms with van der Waals surface area (Å²) < 4.78 is 64.7. The van der Waals surface area contributed by atoms with Crippen LogP contribution in [-0.2, 0) is 33.2 Å². The van der Waals surface area contributed by atoms with Gasteiger partial charge in [0.2, 0.25) is 0 Å². The summed E-state index contributed by atoms with van der Waals surface area (Å²) in [7, 11) is 0. The van der Waals surface area contributed by atoms with Gasteiger partial charge in [0.05, 0.1) is 26.4 Å². The molecule has 0 saturated carbocycles. The van der Waals surface area contributed by atoms with Crippen LogP contribution in [0.1, 0.15) is 13.3 Å². The molecule has 19 heteroatoms. The van der Waals surface area contributed by atoms with Crippen molar-refractivity contribution in [1.82, 2.24) is 0 Å². The monoisotopic (exact) mass is 611 g/mol. The third-order valence-corrected chi connectivity index (χ3v) is 6.89. The van der Waals surface area contributed by atoms with E-state index in [2.05, 4.69) is 0 Å². The highest BCUT2D eigenvalue weighted by molar-refractivity contribution is 4.96. The van der Waals surface area contributed by atoms with Gasteiger partial charge in [0, 0.05) is 13.0 Å².